The van der Waals surface area contributed by atoms with Crippen LogP contribution >= 0.6 is 0 Å². The van der Waals surface area contributed by atoms with Crippen molar-refractivity contribution in [3.8, 4) is 0 Å². The minimum atomic E-state index is -0.189. The molecule has 0 saturated carbocycles. The summed E-state index contributed by atoms with van der Waals surface area (Å²) in [5.41, 5.74) is 1.04. The van der Waals surface area contributed by atoms with Gasteiger partial charge in [0.25, 0.3) is 0 Å². The molecule has 1 N–H and O–H groups in total. The minimum absolute atomic E-state index is 0.0716. The van der Waals surface area contributed by atoms with E-state index in [1.807, 2.05) is 44.4 Å². The van der Waals surface area contributed by atoms with Crippen LogP contribution in [0.2, 0.25) is 0 Å². The Morgan fingerprint density at radius 2 is 2.10 bits per heavy atom. The van der Waals surface area contributed by atoms with Gasteiger partial charge in [0.1, 0.15) is 0 Å². The first-order valence-electron chi connectivity index (χ1n) is 6.97. The molecule has 0 radical (unpaired) electrons. The van der Waals surface area contributed by atoms with Crippen molar-refractivity contribution < 1.29 is 9.53 Å². The monoisotopic (exact) mass is 272 g/mol. The van der Waals surface area contributed by atoms with Gasteiger partial charge in [-0.05, 0) is 24.4 Å². The molecule has 0 amide bonds. The van der Waals surface area contributed by atoms with Gasteiger partial charge in [0.15, 0.2) is 0 Å². The van der Waals surface area contributed by atoms with Gasteiger partial charge in [-0.2, -0.15) is 0 Å². The average Bonchev–Trinajstić information content (AvgIpc) is 2.46. The van der Waals surface area contributed by atoms with Crippen molar-refractivity contribution in [1.29, 1.82) is 0 Å². The highest BCUT2D eigenvalue weighted by Gasteiger charge is 2.18. The number of nitrogens with zero attached hydrogens (tertiary/aromatic N) is 1. The Labute approximate surface area is 119 Å². The maximum Gasteiger partial charge on any atom is 0.307 e. The van der Waals surface area contributed by atoms with Gasteiger partial charge in [0, 0.05) is 23.8 Å². The first-order valence-corrected chi connectivity index (χ1v) is 6.97. The van der Waals surface area contributed by atoms with E-state index in [-0.39, 0.29) is 12.0 Å². The molecular weight excluding hydrogens is 252 g/mol. The predicted molar refractivity (Wildman–Crippen MR) is 79.4 cm³/mol. The number of ether oxygens (including phenoxy) is 1. The van der Waals surface area contributed by atoms with E-state index in [9.17, 15) is 4.79 Å². The molecule has 0 aliphatic rings. The summed E-state index contributed by atoms with van der Waals surface area (Å²) in [5.74, 6) is -0.189. The molecule has 20 heavy (non-hydrogen) atoms. The molecule has 4 nitrogen and oxygen atoms in total. The van der Waals surface area contributed by atoms with Crippen LogP contribution in [0, 0.1) is 0 Å². The Bertz CT molecular complexity index is 578. The van der Waals surface area contributed by atoms with Crippen LogP contribution in [-0.4, -0.2) is 24.1 Å². The number of aromatic nitrogens is 1. The number of carbonyl (C=O) groups excluding carboxylic acids is 1. The summed E-state index contributed by atoms with van der Waals surface area (Å²) in [4.78, 5) is 16.0. The normalized spacial score (nSPS) is 12.3. The van der Waals surface area contributed by atoms with Crippen LogP contribution in [0.1, 0.15) is 31.9 Å². The molecule has 2 aromatic rings. The second-order valence-corrected chi connectivity index (χ2v) is 4.57. The molecule has 2 rings (SSSR count). The molecule has 1 atom stereocenters. The molecule has 1 unspecified atom stereocenters. The van der Waals surface area contributed by atoms with Crippen LogP contribution in [0.3, 0.4) is 0 Å². The highest BCUT2D eigenvalue weighted by atomic mass is 16.5. The third kappa shape index (κ3) is 3.33. The van der Waals surface area contributed by atoms with Gasteiger partial charge in [-0.3, -0.25) is 9.78 Å². The second kappa shape index (κ2) is 7.01. The molecule has 0 saturated heterocycles. The van der Waals surface area contributed by atoms with Gasteiger partial charge in [-0.25, -0.2) is 0 Å². The summed E-state index contributed by atoms with van der Waals surface area (Å²) in [6, 6.07) is 8.00. The van der Waals surface area contributed by atoms with Gasteiger partial charge in [0.2, 0.25) is 0 Å². The number of pyridine rings is 1. The van der Waals surface area contributed by atoms with Crippen molar-refractivity contribution >= 4 is 16.7 Å². The standard InChI is InChI=1S/C16H20N2O2/c1-3-18-15(9-16(19)20-4-2)14-11-17-10-12-7-5-6-8-13(12)14/h5-8,10-11,15,18H,3-4,9H2,1-2H3. The molecule has 0 aliphatic heterocycles. The van der Waals surface area contributed by atoms with Gasteiger partial charge in [0.05, 0.1) is 13.0 Å². The molecular formula is C16H20N2O2. The summed E-state index contributed by atoms with van der Waals surface area (Å²) in [5, 5.41) is 5.54. The highest BCUT2D eigenvalue weighted by Crippen LogP contribution is 2.25. The molecule has 1 aromatic carbocycles. The van der Waals surface area contributed by atoms with E-state index in [1.54, 1.807) is 0 Å². The van der Waals surface area contributed by atoms with E-state index in [0.717, 1.165) is 22.9 Å². The number of hydrogen-bond donors (Lipinski definition) is 1. The van der Waals surface area contributed by atoms with Crippen molar-refractivity contribution in [3.63, 3.8) is 0 Å². The van der Waals surface area contributed by atoms with Crippen molar-refractivity contribution in [1.82, 2.24) is 10.3 Å². The van der Waals surface area contributed by atoms with E-state index < -0.39 is 0 Å². The lowest BCUT2D eigenvalue weighted by molar-refractivity contribution is -0.143. The number of carbonyl (C=O) groups is 1. The van der Waals surface area contributed by atoms with Crippen LogP contribution in [0.25, 0.3) is 10.8 Å². The fourth-order valence-corrected chi connectivity index (χ4v) is 2.34. The zero-order chi connectivity index (χ0) is 14.4. The number of rotatable bonds is 6. The molecule has 0 fully saturated rings. The Morgan fingerprint density at radius 1 is 1.30 bits per heavy atom. The molecule has 0 bridgehead atoms. The van der Waals surface area contributed by atoms with E-state index in [2.05, 4.69) is 16.4 Å². The van der Waals surface area contributed by atoms with Crippen molar-refractivity contribution in [2.75, 3.05) is 13.2 Å². The van der Waals surface area contributed by atoms with Crippen LogP contribution in [0.4, 0.5) is 0 Å². The maximum atomic E-state index is 11.8. The zero-order valence-electron chi connectivity index (χ0n) is 11.9. The number of hydrogen-bond acceptors (Lipinski definition) is 4. The summed E-state index contributed by atoms with van der Waals surface area (Å²) in [7, 11) is 0. The van der Waals surface area contributed by atoms with E-state index in [1.165, 1.54) is 0 Å². The number of nitrogens with one attached hydrogen (secondary N) is 1. The molecule has 1 heterocycles. The van der Waals surface area contributed by atoms with E-state index >= 15 is 0 Å². The fraction of sp³-hybridized carbons (Fsp3) is 0.375. The Hall–Kier alpha value is -1.94. The van der Waals surface area contributed by atoms with Crippen molar-refractivity contribution in [3.05, 3.63) is 42.2 Å². The van der Waals surface area contributed by atoms with Crippen LogP contribution < -0.4 is 5.32 Å². The first-order chi connectivity index (χ1) is 9.76. The van der Waals surface area contributed by atoms with Gasteiger partial charge in [-0.15, -0.1) is 0 Å². The summed E-state index contributed by atoms with van der Waals surface area (Å²) >= 11 is 0. The number of esters is 1. The van der Waals surface area contributed by atoms with Crippen molar-refractivity contribution in [2.45, 2.75) is 26.3 Å². The quantitative estimate of drug-likeness (QED) is 0.822. The smallest absolute Gasteiger partial charge is 0.307 e. The number of fused-ring (bicyclic) bond motifs is 1. The van der Waals surface area contributed by atoms with E-state index in [0.29, 0.717) is 13.0 Å². The average molecular weight is 272 g/mol. The van der Waals surface area contributed by atoms with Gasteiger partial charge < -0.3 is 10.1 Å². The second-order valence-electron chi connectivity index (χ2n) is 4.57. The number of benzene rings is 1. The lowest BCUT2D eigenvalue weighted by Gasteiger charge is -2.19. The third-order valence-corrected chi connectivity index (χ3v) is 3.20. The Balaban J connectivity index is 2.33. The largest absolute Gasteiger partial charge is 0.466 e. The molecule has 0 spiro atoms. The first kappa shape index (κ1) is 14.5. The zero-order valence-corrected chi connectivity index (χ0v) is 11.9. The summed E-state index contributed by atoms with van der Waals surface area (Å²) < 4.78 is 5.05. The van der Waals surface area contributed by atoms with Crippen LogP contribution in [0.15, 0.2) is 36.7 Å². The van der Waals surface area contributed by atoms with Gasteiger partial charge in [-0.1, -0.05) is 31.2 Å². The minimum Gasteiger partial charge on any atom is -0.466 e. The topological polar surface area (TPSA) is 51.2 Å². The lowest BCUT2D eigenvalue weighted by Crippen LogP contribution is -2.25. The molecule has 1 aromatic heterocycles. The summed E-state index contributed by atoms with van der Waals surface area (Å²) in [6.07, 6.45) is 3.98. The Kier molecular flexibility index (Phi) is 5.07. The van der Waals surface area contributed by atoms with Gasteiger partial charge >= 0.3 is 5.97 Å². The predicted octanol–water partition coefficient (Wildman–Crippen LogP) is 2.84. The summed E-state index contributed by atoms with van der Waals surface area (Å²) in [6.45, 7) is 5.04. The maximum absolute atomic E-state index is 11.8. The van der Waals surface area contributed by atoms with Crippen molar-refractivity contribution in [2.24, 2.45) is 0 Å². The molecule has 0 aliphatic carbocycles. The van der Waals surface area contributed by atoms with E-state index in [4.69, 9.17) is 4.74 Å². The SMILES string of the molecule is CCNC(CC(=O)OCC)c1cncc2ccccc12. The highest BCUT2D eigenvalue weighted by molar-refractivity contribution is 5.85. The fourth-order valence-electron chi connectivity index (χ4n) is 2.34. The Morgan fingerprint density at radius 3 is 2.85 bits per heavy atom. The molecule has 4 heteroatoms. The molecule has 106 valence electrons. The van der Waals surface area contributed by atoms with Crippen LogP contribution in [-0.2, 0) is 9.53 Å². The van der Waals surface area contributed by atoms with Crippen LogP contribution in [0.5, 0.6) is 0 Å². The lowest BCUT2D eigenvalue weighted by atomic mass is 9.99. The third-order valence-electron chi connectivity index (χ3n) is 3.20.